The molecule has 2 amide bonds. The van der Waals surface area contributed by atoms with Crippen LogP contribution in [-0.2, 0) is 21.1 Å². The average Bonchev–Trinajstić information content (AvgIpc) is 2.65. The first-order valence-corrected chi connectivity index (χ1v) is 13.1. The van der Waals surface area contributed by atoms with E-state index in [1.165, 1.54) is 0 Å². The van der Waals surface area contributed by atoms with E-state index in [0.29, 0.717) is 5.69 Å². The van der Waals surface area contributed by atoms with Crippen LogP contribution in [0.15, 0.2) is 36.4 Å². The second-order valence-electron chi connectivity index (χ2n) is 11.4. The Balaban J connectivity index is 2.41. The first-order chi connectivity index (χ1) is 15.4. The summed E-state index contributed by atoms with van der Waals surface area (Å²) < 4.78 is 33.6. The van der Waals surface area contributed by atoms with Gasteiger partial charge in [-0.25, -0.2) is 9.52 Å². The Morgan fingerprint density at radius 1 is 0.794 bits per heavy atom. The molecule has 7 heteroatoms. The van der Waals surface area contributed by atoms with Crippen LogP contribution in [0.25, 0.3) is 0 Å². The molecule has 0 bridgehead atoms. The maximum atomic E-state index is 13.0. The molecule has 0 aliphatic carbocycles. The molecule has 0 atom stereocenters. The van der Waals surface area contributed by atoms with Gasteiger partial charge in [0, 0.05) is 16.8 Å². The van der Waals surface area contributed by atoms with E-state index in [4.69, 9.17) is 4.18 Å². The van der Waals surface area contributed by atoms with E-state index >= 15 is 0 Å². The monoisotopic (exact) mass is 488 g/mol. The lowest BCUT2D eigenvalue weighted by atomic mass is 9.80. The van der Waals surface area contributed by atoms with E-state index in [-0.39, 0.29) is 28.4 Å². The molecule has 6 nitrogen and oxygen atoms in total. The fraction of sp³-hybridized carbons (Fsp3) is 0.519. The highest BCUT2D eigenvalue weighted by atomic mass is 32.2. The maximum absolute atomic E-state index is 13.0. The highest BCUT2D eigenvalue weighted by molar-refractivity contribution is 7.85. The summed E-state index contributed by atoms with van der Waals surface area (Å²) >= 11 is 0. The van der Waals surface area contributed by atoms with Gasteiger partial charge >= 0.3 is 16.3 Å². The molecule has 0 unspecified atom stereocenters. The van der Waals surface area contributed by atoms with Crippen molar-refractivity contribution in [1.82, 2.24) is 4.72 Å². The van der Waals surface area contributed by atoms with E-state index in [9.17, 15) is 13.2 Å². The van der Waals surface area contributed by atoms with Crippen molar-refractivity contribution in [1.29, 1.82) is 0 Å². The van der Waals surface area contributed by atoms with Gasteiger partial charge in [-0.3, -0.25) is 0 Å². The van der Waals surface area contributed by atoms with Gasteiger partial charge in [0.1, 0.15) is 0 Å². The molecule has 2 aromatic carbocycles. The fourth-order valence-corrected chi connectivity index (χ4v) is 4.61. The van der Waals surface area contributed by atoms with Gasteiger partial charge in [0.25, 0.3) is 0 Å². The molecule has 0 saturated carbocycles. The number of rotatable bonds is 6. The third kappa shape index (κ3) is 6.75. The van der Waals surface area contributed by atoms with Gasteiger partial charge in [-0.15, -0.1) is 0 Å². The van der Waals surface area contributed by atoms with Crippen LogP contribution in [0.5, 0.6) is 5.75 Å². The topological polar surface area (TPSA) is 84.5 Å². The molecule has 0 aliphatic heterocycles. The number of para-hydroxylation sites is 2. The van der Waals surface area contributed by atoms with Gasteiger partial charge in [0.2, 0.25) is 0 Å². The van der Waals surface area contributed by atoms with Crippen molar-refractivity contribution in [3.63, 3.8) is 0 Å². The number of nitrogens with one attached hydrogen (secondary N) is 2. The number of amides is 2. The Kier molecular flexibility index (Phi) is 8.13. The van der Waals surface area contributed by atoms with Crippen LogP contribution in [0.3, 0.4) is 0 Å². The van der Waals surface area contributed by atoms with Crippen molar-refractivity contribution < 1.29 is 17.4 Å². The van der Waals surface area contributed by atoms with Crippen LogP contribution in [0.4, 0.5) is 10.5 Å². The molecular formula is C27H40N2O4S. The molecule has 0 radical (unpaired) electrons. The molecule has 2 N–H and O–H groups in total. The van der Waals surface area contributed by atoms with Gasteiger partial charge in [-0.1, -0.05) is 106 Å². The van der Waals surface area contributed by atoms with E-state index in [1.54, 1.807) is 0 Å². The summed E-state index contributed by atoms with van der Waals surface area (Å²) in [6, 6.07) is 10.6. The van der Waals surface area contributed by atoms with Crippen LogP contribution >= 0.6 is 0 Å². The lowest BCUT2D eigenvalue weighted by Crippen LogP contribution is -2.38. The Morgan fingerprint density at radius 2 is 1.21 bits per heavy atom. The molecule has 2 rings (SSSR count). The highest BCUT2D eigenvalue weighted by Gasteiger charge is 2.30. The summed E-state index contributed by atoms with van der Waals surface area (Å²) in [7, 11) is -4.45. The molecule has 0 aliphatic rings. The van der Waals surface area contributed by atoms with Crippen molar-refractivity contribution >= 4 is 22.0 Å². The van der Waals surface area contributed by atoms with Crippen LogP contribution < -0.4 is 14.2 Å². The molecular weight excluding hydrogens is 448 g/mol. The third-order valence-corrected chi connectivity index (χ3v) is 6.47. The minimum absolute atomic E-state index is 0.148. The van der Waals surface area contributed by atoms with E-state index < -0.39 is 16.3 Å². The van der Waals surface area contributed by atoms with Gasteiger partial charge in [0.15, 0.2) is 5.75 Å². The quantitative estimate of drug-likeness (QED) is 0.460. The normalized spacial score (nSPS) is 12.7. The summed E-state index contributed by atoms with van der Waals surface area (Å²) in [5.74, 6) is 0.554. The Labute approximate surface area is 205 Å². The fourth-order valence-electron chi connectivity index (χ4n) is 3.89. The number of carbonyl (C=O) groups excluding carboxylic acids is 1. The average molecular weight is 489 g/mol. The van der Waals surface area contributed by atoms with Crippen LogP contribution in [0, 0.1) is 0 Å². The molecule has 0 heterocycles. The van der Waals surface area contributed by atoms with Gasteiger partial charge in [-0.05, 0) is 33.8 Å². The van der Waals surface area contributed by atoms with Gasteiger partial charge in [-0.2, -0.15) is 8.42 Å². The predicted octanol–water partition coefficient (Wildman–Crippen LogP) is 6.97. The van der Waals surface area contributed by atoms with Crippen molar-refractivity contribution in [2.75, 3.05) is 5.32 Å². The third-order valence-electron chi connectivity index (χ3n) is 5.65. The van der Waals surface area contributed by atoms with Crippen molar-refractivity contribution in [2.45, 2.75) is 91.9 Å². The minimum Gasteiger partial charge on any atom is -0.366 e. The summed E-state index contributed by atoms with van der Waals surface area (Å²) in [4.78, 5) is 12.9. The van der Waals surface area contributed by atoms with E-state index in [2.05, 4.69) is 5.32 Å². The standard InChI is InChI=1S/C27H40N2O4S/c1-17(2)19-13-11-14-20(18(3)4)23(19)28-25(30)29-34(31,32)33-24-21(26(5,6)7)15-12-16-22(24)27(8,9)10/h11-18H,1-10H3,(H2,28,29,30). The number of hydrogen-bond donors (Lipinski definition) is 2. The first kappa shape index (κ1) is 27.7. The summed E-state index contributed by atoms with van der Waals surface area (Å²) in [6.45, 7) is 20.1. The second kappa shape index (κ2) is 9.98. The smallest absolute Gasteiger partial charge is 0.366 e. The molecule has 2 aromatic rings. The summed E-state index contributed by atoms with van der Waals surface area (Å²) in [5, 5.41) is 2.76. The van der Waals surface area contributed by atoms with Crippen molar-refractivity contribution in [3.05, 3.63) is 58.7 Å². The van der Waals surface area contributed by atoms with Crippen molar-refractivity contribution in [2.24, 2.45) is 0 Å². The molecule has 188 valence electrons. The summed E-state index contributed by atoms with van der Waals surface area (Å²) in [5.41, 5.74) is 3.27. The number of hydrogen-bond acceptors (Lipinski definition) is 4. The van der Waals surface area contributed by atoms with Crippen LogP contribution in [0.2, 0.25) is 0 Å². The highest BCUT2D eigenvalue weighted by Crippen LogP contribution is 2.40. The SMILES string of the molecule is CC(C)c1cccc(C(C)C)c1NC(=O)NS(=O)(=O)Oc1c(C(C)(C)C)cccc1C(C)(C)C. The summed E-state index contributed by atoms with van der Waals surface area (Å²) in [6.07, 6.45) is 0. The lowest BCUT2D eigenvalue weighted by molar-refractivity contribution is 0.255. The zero-order valence-electron chi connectivity index (χ0n) is 22.2. The Bertz CT molecular complexity index is 1080. The number of urea groups is 1. The number of carbonyl (C=O) groups is 1. The van der Waals surface area contributed by atoms with E-state index in [1.807, 2.05) is 110 Å². The largest absolute Gasteiger partial charge is 0.411 e. The predicted molar refractivity (Wildman–Crippen MR) is 140 cm³/mol. The molecule has 0 aromatic heterocycles. The lowest BCUT2D eigenvalue weighted by Gasteiger charge is -2.29. The zero-order chi connectivity index (χ0) is 26.1. The van der Waals surface area contributed by atoms with E-state index in [0.717, 1.165) is 22.3 Å². The minimum atomic E-state index is -4.45. The second-order valence-corrected chi connectivity index (χ2v) is 12.7. The van der Waals surface area contributed by atoms with Crippen molar-refractivity contribution in [3.8, 4) is 5.75 Å². The first-order valence-electron chi connectivity index (χ1n) is 11.7. The zero-order valence-corrected chi connectivity index (χ0v) is 23.0. The van der Waals surface area contributed by atoms with Crippen LogP contribution in [-0.4, -0.2) is 14.4 Å². The Morgan fingerprint density at radius 3 is 1.59 bits per heavy atom. The molecule has 0 fully saturated rings. The number of benzene rings is 2. The van der Waals surface area contributed by atoms with Gasteiger partial charge < -0.3 is 9.50 Å². The maximum Gasteiger partial charge on any atom is 0.411 e. The molecule has 0 saturated heterocycles. The van der Waals surface area contributed by atoms with Crippen LogP contribution in [0.1, 0.15) is 103 Å². The number of anilines is 1. The van der Waals surface area contributed by atoms with Gasteiger partial charge in [0.05, 0.1) is 0 Å². The molecule has 34 heavy (non-hydrogen) atoms. The Hall–Kier alpha value is -2.54. The molecule has 0 spiro atoms.